The number of hydrogen-bond acceptors (Lipinski definition) is 3. The standard InChI is InChI=1S/C20H21BrN2O2/c1-3-10-25-19-9-8-17(21)12-15(19)11-16(13-22)20(24)23-18-7-5-4-6-14(18)2/h1,8-9,11-12,14,18H,4-7,10H2,2H3,(H,23,24)/b16-11+/t14-,18-/m1/s1. The number of ether oxygens (including phenoxy) is 1. The Balaban J connectivity index is 2.21. The quantitative estimate of drug-likeness (QED) is 0.460. The molecule has 5 heteroatoms. The van der Waals surface area contributed by atoms with Gasteiger partial charge in [-0.15, -0.1) is 6.42 Å². The van der Waals surface area contributed by atoms with E-state index in [0.717, 1.165) is 23.7 Å². The van der Waals surface area contributed by atoms with Gasteiger partial charge in [0.25, 0.3) is 5.91 Å². The first kappa shape index (κ1) is 19.1. The van der Waals surface area contributed by atoms with Crippen LogP contribution in [0.25, 0.3) is 6.08 Å². The second kappa shape index (κ2) is 9.30. The Morgan fingerprint density at radius 2 is 2.24 bits per heavy atom. The average molecular weight is 401 g/mol. The van der Waals surface area contributed by atoms with Gasteiger partial charge in [-0.25, -0.2) is 0 Å². The Morgan fingerprint density at radius 3 is 2.92 bits per heavy atom. The summed E-state index contributed by atoms with van der Waals surface area (Å²) in [6.07, 6.45) is 11.1. The normalized spacial score (nSPS) is 20.2. The molecule has 1 aromatic rings. The van der Waals surface area contributed by atoms with Crippen molar-refractivity contribution in [2.24, 2.45) is 5.92 Å². The smallest absolute Gasteiger partial charge is 0.262 e. The van der Waals surface area contributed by atoms with Crippen molar-refractivity contribution in [3.63, 3.8) is 0 Å². The van der Waals surface area contributed by atoms with Gasteiger partial charge in [-0.1, -0.05) is 41.6 Å². The third kappa shape index (κ3) is 5.37. The molecule has 0 unspecified atom stereocenters. The number of halogens is 1. The van der Waals surface area contributed by atoms with Gasteiger partial charge in [-0.05, 0) is 43.0 Å². The number of nitrogens with zero attached hydrogens (tertiary/aromatic N) is 1. The maximum atomic E-state index is 12.5. The van der Waals surface area contributed by atoms with E-state index in [1.54, 1.807) is 18.2 Å². The first-order chi connectivity index (χ1) is 12.0. The minimum Gasteiger partial charge on any atom is -0.480 e. The Kier molecular flexibility index (Phi) is 7.10. The molecular formula is C20H21BrN2O2. The van der Waals surface area contributed by atoms with Crippen molar-refractivity contribution >= 4 is 27.9 Å². The van der Waals surface area contributed by atoms with Crippen molar-refractivity contribution in [3.05, 3.63) is 33.8 Å². The maximum absolute atomic E-state index is 12.5. The summed E-state index contributed by atoms with van der Waals surface area (Å²) in [5.74, 6) is 3.03. The fourth-order valence-corrected chi connectivity index (χ4v) is 3.34. The van der Waals surface area contributed by atoms with Crippen LogP contribution in [0.3, 0.4) is 0 Å². The molecule has 1 aliphatic rings. The summed E-state index contributed by atoms with van der Waals surface area (Å²) in [6.45, 7) is 2.26. The molecule has 0 bridgehead atoms. The van der Waals surface area contributed by atoms with Gasteiger partial charge in [0.15, 0.2) is 0 Å². The van der Waals surface area contributed by atoms with Crippen molar-refractivity contribution in [2.75, 3.05) is 6.61 Å². The van der Waals surface area contributed by atoms with E-state index >= 15 is 0 Å². The number of hydrogen-bond donors (Lipinski definition) is 1. The van der Waals surface area contributed by atoms with E-state index in [1.165, 1.54) is 6.42 Å². The molecule has 0 aromatic heterocycles. The number of amides is 1. The van der Waals surface area contributed by atoms with Gasteiger partial charge in [0.05, 0.1) is 0 Å². The zero-order valence-electron chi connectivity index (χ0n) is 14.2. The molecule has 0 spiro atoms. The number of nitriles is 1. The van der Waals surface area contributed by atoms with E-state index in [4.69, 9.17) is 11.2 Å². The molecule has 1 aromatic carbocycles. The molecule has 1 saturated carbocycles. The summed E-state index contributed by atoms with van der Waals surface area (Å²) in [5, 5.41) is 12.4. The maximum Gasteiger partial charge on any atom is 0.262 e. The van der Waals surface area contributed by atoms with Crippen LogP contribution in [0.1, 0.15) is 38.2 Å². The molecule has 2 rings (SSSR count). The summed E-state index contributed by atoms with van der Waals surface area (Å²) in [4.78, 5) is 12.5. The summed E-state index contributed by atoms with van der Waals surface area (Å²) >= 11 is 3.39. The molecule has 0 heterocycles. The molecule has 1 aliphatic carbocycles. The van der Waals surface area contributed by atoms with Gasteiger partial charge in [0.2, 0.25) is 0 Å². The topological polar surface area (TPSA) is 62.1 Å². The van der Waals surface area contributed by atoms with Crippen LogP contribution in [0, 0.1) is 29.6 Å². The number of rotatable bonds is 5. The van der Waals surface area contributed by atoms with E-state index < -0.39 is 0 Å². The monoisotopic (exact) mass is 400 g/mol. The van der Waals surface area contributed by atoms with Crippen LogP contribution in [0.15, 0.2) is 28.2 Å². The summed E-state index contributed by atoms with van der Waals surface area (Å²) in [5.41, 5.74) is 0.689. The largest absolute Gasteiger partial charge is 0.480 e. The van der Waals surface area contributed by atoms with Gasteiger partial charge < -0.3 is 10.1 Å². The van der Waals surface area contributed by atoms with E-state index in [0.29, 0.717) is 17.2 Å². The predicted molar refractivity (Wildman–Crippen MR) is 102 cm³/mol. The molecule has 130 valence electrons. The zero-order chi connectivity index (χ0) is 18.2. The highest BCUT2D eigenvalue weighted by Crippen LogP contribution is 2.27. The summed E-state index contributed by atoms with van der Waals surface area (Å²) in [7, 11) is 0. The Labute approximate surface area is 157 Å². The van der Waals surface area contributed by atoms with Crippen LogP contribution in [0.2, 0.25) is 0 Å². The lowest BCUT2D eigenvalue weighted by atomic mass is 9.86. The van der Waals surface area contributed by atoms with E-state index in [-0.39, 0.29) is 24.1 Å². The fourth-order valence-electron chi connectivity index (χ4n) is 2.96. The second-order valence-corrected chi connectivity index (χ2v) is 7.10. The van der Waals surface area contributed by atoms with E-state index in [9.17, 15) is 10.1 Å². The van der Waals surface area contributed by atoms with Crippen LogP contribution in [-0.2, 0) is 4.79 Å². The number of benzene rings is 1. The van der Waals surface area contributed by atoms with Crippen LogP contribution in [0.4, 0.5) is 0 Å². The molecule has 4 nitrogen and oxygen atoms in total. The molecular weight excluding hydrogens is 380 g/mol. The molecule has 0 aliphatic heterocycles. The summed E-state index contributed by atoms with van der Waals surface area (Å²) < 4.78 is 6.32. The van der Waals surface area contributed by atoms with Gasteiger partial charge in [-0.3, -0.25) is 4.79 Å². The minimum absolute atomic E-state index is 0.0569. The van der Waals surface area contributed by atoms with Crippen molar-refractivity contribution in [1.29, 1.82) is 5.26 Å². The third-order valence-corrected chi connectivity index (χ3v) is 4.87. The lowest BCUT2D eigenvalue weighted by molar-refractivity contribution is -0.118. The highest BCUT2D eigenvalue weighted by atomic mass is 79.9. The first-order valence-electron chi connectivity index (χ1n) is 8.33. The first-order valence-corrected chi connectivity index (χ1v) is 9.13. The van der Waals surface area contributed by atoms with Crippen molar-refractivity contribution in [1.82, 2.24) is 5.32 Å². The molecule has 1 amide bonds. The van der Waals surface area contributed by atoms with Crippen molar-refractivity contribution < 1.29 is 9.53 Å². The van der Waals surface area contributed by atoms with Gasteiger partial charge >= 0.3 is 0 Å². The second-order valence-electron chi connectivity index (χ2n) is 6.19. The third-order valence-electron chi connectivity index (χ3n) is 4.38. The highest BCUT2D eigenvalue weighted by molar-refractivity contribution is 9.10. The predicted octanol–water partition coefficient (Wildman–Crippen LogP) is 4.06. The van der Waals surface area contributed by atoms with Gasteiger partial charge in [-0.2, -0.15) is 5.26 Å². The van der Waals surface area contributed by atoms with Gasteiger partial charge in [0.1, 0.15) is 24.0 Å². The molecule has 25 heavy (non-hydrogen) atoms. The number of nitrogens with one attached hydrogen (secondary N) is 1. The molecule has 1 fully saturated rings. The molecule has 0 radical (unpaired) electrons. The van der Waals surface area contributed by atoms with Crippen LogP contribution in [0.5, 0.6) is 5.75 Å². The lowest BCUT2D eigenvalue weighted by Crippen LogP contribution is -2.41. The molecule has 1 N–H and O–H groups in total. The van der Waals surface area contributed by atoms with Gasteiger partial charge in [0, 0.05) is 16.1 Å². The highest BCUT2D eigenvalue weighted by Gasteiger charge is 2.24. The SMILES string of the molecule is C#CCOc1ccc(Br)cc1/C=C(\C#N)C(=O)N[C@@H]1CCCC[C@H]1C. The number of terminal acetylenes is 1. The Morgan fingerprint density at radius 1 is 1.48 bits per heavy atom. The average Bonchev–Trinajstić information content (AvgIpc) is 2.60. The Hall–Kier alpha value is -2.24. The van der Waals surface area contributed by atoms with Crippen LogP contribution < -0.4 is 10.1 Å². The lowest BCUT2D eigenvalue weighted by Gasteiger charge is -2.29. The molecule has 2 atom stereocenters. The Bertz CT molecular complexity index is 743. The van der Waals surface area contributed by atoms with Crippen LogP contribution in [-0.4, -0.2) is 18.6 Å². The van der Waals surface area contributed by atoms with Crippen molar-refractivity contribution in [2.45, 2.75) is 38.6 Å². The number of carbonyl (C=O) groups excluding carboxylic acids is 1. The van der Waals surface area contributed by atoms with E-state index in [2.05, 4.69) is 34.1 Å². The molecule has 0 saturated heterocycles. The van der Waals surface area contributed by atoms with Crippen molar-refractivity contribution in [3.8, 4) is 24.2 Å². The fraction of sp³-hybridized carbons (Fsp3) is 0.400. The summed E-state index contributed by atoms with van der Waals surface area (Å²) in [6, 6.07) is 7.48. The number of carbonyl (C=O) groups is 1. The minimum atomic E-state index is -0.343. The van der Waals surface area contributed by atoms with Crippen LogP contribution >= 0.6 is 15.9 Å². The zero-order valence-corrected chi connectivity index (χ0v) is 15.8. The van der Waals surface area contributed by atoms with E-state index in [1.807, 2.05) is 12.1 Å².